The Kier molecular flexibility index (Phi) is 22.8. The van der Waals surface area contributed by atoms with E-state index in [0.717, 1.165) is 39.8 Å². The summed E-state index contributed by atoms with van der Waals surface area (Å²) in [6.07, 6.45) is 0. The number of nitrogens with zero attached hydrogens (tertiary/aromatic N) is 3. The number of anilines is 9. The van der Waals surface area contributed by atoms with E-state index >= 15 is 0 Å². The largest absolute Gasteiger partial charge is 0.310 e. The molecule has 27 aromatic carbocycles. The molecular formula is C140H95N3. The minimum atomic E-state index is 1.12. The number of para-hydroxylation sites is 1. The van der Waals surface area contributed by atoms with E-state index in [4.69, 9.17) is 0 Å². The van der Waals surface area contributed by atoms with Gasteiger partial charge in [0, 0.05) is 60.8 Å². The van der Waals surface area contributed by atoms with Crippen LogP contribution in [0.1, 0.15) is 0 Å². The van der Waals surface area contributed by atoms with Crippen LogP contribution in [0.5, 0.6) is 0 Å². The van der Waals surface area contributed by atoms with Crippen LogP contribution in [0, 0.1) is 0 Å². The van der Waals surface area contributed by atoms with Crippen LogP contribution in [0.4, 0.5) is 51.2 Å². The van der Waals surface area contributed by atoms with Crippen molar-refractivity contribution >= 4 is 170 Å². The summed E-state index contributed by atoms with van der Waals surface area (Å²) in [7, 11) is 0. The van der Waals surface area contributed by atoms with Crippen molar-refractivity contribution in [2.75, 3.05) is 14.7 Å². The van der Waals surface area contributed by atoms with Gasteiger partial charge in [-0.3, -0.25) is 0 Å². The fourth-order valence-corrected chi connectivity index (χ4v) is 21.9. The SMILES string of the molecule is c1ccc(-c2c3ccccc3c(-c3ccc4ccccc4c3)c3ccc(N(c4ccccc4)c4cccc5ccccc45)cc23)cc1.c1ccc(-c2ccc(-c3c4ccccc4c(N(c4ccc(-c5ccccc5)cc4)c4ccc5ccccc5c4)c4ccccc34)cc2)cc1.c1ccc(-c2ccc(N(c3cccc4ccccc34)c3c4ccccc4c(-c4cccc5ccccc45)c4ccccc34)cc2)cc1. The van der Waals surface area contributed by atoms with Gasteiger partial charge in [0.15, 0.2) is 0 Å². The molecule has 0 radical (unpaired) electrons. The van der Waals surface area contributed by atoms with Crippen LogP contribution in [0.25, 0.3) is 196 Å². The maximum absolute atomic E-state index is 2.48. The molecule has 0 heterocycles. The standard InChI is InChI=1S/C48H33N.2C46H31N/c1-3-13-34(14-4-1)37-23-25-39(26-24-37)47-43-19-9-11-21-45(43)48(46-22-12-10-20-44(46)47)49(42-32-29-36-17-7-8-18-40(36)33-42)41-30-27-38(28-31-41)35-15-5-2-6-16-35;1-3-16-34(17-4-1)45-40-23-11-12-24-41(40)46(36-27-26-32-14-7-8-18-35(32)30-36)42-29-28-38(31-43(42)45)47(37-20-5-2-6-21-37)44-25-13-19-33-15-9-10-22-39(33)44;1-2-14-32(15-3-1)33-28-30-36(31-29-33)47(44-27-13-19-35-17-5-7-21-38(35)44)46-42-24-10-8-22-40(42)45(41-23-9-11-25-43(41)46)39-26-12-18-34-16-4-6-20-37(34)39/h1-33H;2*1-31H. The summed E-state index contributed by atoms with van der Waals surface area (Å²) in [5.74, 6) is 0. The van der Waals surface area contributed by atoms with E-state index in [0.29, 0.717) is 0 Å². The quantitative estimate of drug-likeness (QED) is 0.0893. The zero-order valence-corrected chi connectivity index (χ0v) is 78.7. The van der Waals surface area contributed by atoms with E-state index in [1.807, 2.05) is 0 Å². The molecule has 3 nitrogen and oxygen atoms in total. The third kappa shape index (κ3) is 16.2. The first-order valence-electron chi connectivity index (χ1n) is 49.2. The molecule has 3 heteroatoms. The van der Waals surface area contributed by atoms with Crippen molar-refractivity contribution in [3.05, 3.63) is 576 Å². The normalized spacial score (nSPS) is 11.4. The lowest BCUT2D eigenvalue weighted by atomic mass is 9.85. The fraction of sp³-hybridized carbons (Fsp3) is 0. The van der Waals surface area contributed by atoms with Gasteiger partial charge in [0.2, 0.25) is 0 Å². The summed E-state index contributed by atoms with van der Waals surface area (Å²) < 4.78 is 0. The van der Waals surface area contributed by atoms with E-state index in [1.165, 1.54) is 208 Å². The molecular weight excluding hydrogens is 1720 g/mol. The van der Waals surface area contributed by atoms with E-state index < -0.39 is 0 Å². The molecule has 670 valence electrons. The molecule has 0 atom stereocenters. The van der Waals surface area contributed by atoms with Crippen molar-refractivity contribution < 1.29 is 0 Å². The van der Waals surface area contributed by atoms with Gasteiger partial charge in [-0.1, -0.05) is 497 Å². The van der Waals surface area contributed by atoms with Gasteiger partial charge in [-0.25, -0.2) is 0 Å². The highest BCUT2D eigenvalue weighted by Gasteiger charge is 2.28. The van der Waals surface area contributed by atoms with Gasteiger partial charge in [-0.05, 0) is 243 Å². The predicted octanol–water partition coefficient (Wildman–Crippen LogP) is 39.8. The van der Waals surface area contributed by atoms with Gasteiger partial charge in [-0.2, -0.15) is 0 Å². The molecule has 0 unspecified atom stereocenters. The zero-order valence-electron chi connectivity index (χ0n) is 78.7. The summed E-state index contributed by atoms with van der Waals surface area (Å²) in [4.78, 5) is 7.34. The molecule has 0 spiro atoms. The van der Waals surface area contributed by atoms with Crippen molar-refractivity contribution in [3.63, 3.8) is 0 Å². The van der Waals surface area contributed by atoms with Crippen LogP contribution in [0.3, 0.4) is 0 Å². The van der Waals surface area contributed by atoms with Crippen molar-refractivity contribution in [1.29, 1.82) is 0 Å². The van der Waals surface area contributed by atoms with Crippen LogP contribution in [0.15, 0.2) is 576 Å². The monoisotopic (exact) mass is 1820 g/mol. The topological polar surface area (TPSA) is 9.72 Å². The Morgan fingerprint density at radius 2 is 0.364 bits per heavy atom. The minimum Gasteiger partial charge on any atom is -0.310 e. The van der Waals surface area contributed by atoms with Gasteiger partial charge in [0.1, 0.15) is 0 Å². The lowest BCUT2D eigenvalue weighted by Crippen LogP contribution is -2.12. The van der Waals surface area contributed by atoms with Crippen LogP contribution in [-0.4, -0.2) is 0 Å². The molecule has 27 aromatic rings. The van der Waals surface area contributed by atoms with E-state index in [9.17, 15) is 0 Å². The molecule has 0 saturated carbocycles. The highest BCUT2D eigenvalue weighted by atomic mass is 15.2. The zero-order chi connectivity index (χ0) is 94.9. The molecule has 0 aliphatic heterocycles. The van der Waals surface area contributed by atoms with Gasteiger partial charge >= 0.3 is 0 Å². The molecule has 143 heavy (non-hydrogen) atoms. The molecule has 0 aliphatic rings. The summed E-state index contributed by atoms with van der Waals surface area (Å²) >= 11 is 0. The lowest BCUT2D eigenvalue weighted by Gasteiger charge is -2.30. The van der Waals surface area contributed by atoms with Gasteiger partial charge < -0.3 is 14.7 Å². The number of fused-ring (bicyclic) bond motifs is 11. The molecule has 0 aliphatic carbocycles. The average Bonchev–Trinajstić information content (AvgIpc) is 0.717. The van der Waals surface area contributed by atoms with Crippen LogP contribution >= 0.6 is 0 Å². The third-order valence-electron chi connectivity index (χ3n) is 28.4. The van der Waals surface area contributed by atoms with Crippen LogP contribution < -0.4 is 14.7 Å². The third-order valence-corrected chi connectivity index (χ3v) is 28.4. The van der Waals surface area contributed by atoms with E-state index in [1.54, 1.807) is 0 Å². The molecule has 0 bridgehead atoms. The minimum absolute atomic E-state index is 1.12. The van der Waals surface area contributed by atoms with Crippen LogP contribution in [0.2, 0.25) is 0 Å². The van der Waals surface area contributed by atoms with Crippen molar-refractivity contribution in [2.45, 2.75) is 0 Å². The maximum atomic E-state index is 2.48. The summed E-state index contributed by atoms with van der Waals surface area (Å²) in [6.45, 7) is 0. The Bertz CT molecular complexity index is 9310. The number of hydrogen-bond donors (Lipinski definition) is 0. The van der Waals surface area contributed by atoms with Crippen molar-refractivity contribution in [3.8, 4) is 77.9 Å². The molecule has 0 aromatic heterocycles. The molecule has 0 fully saturated rings. The number of hydrogen-bond acceptors (Lipinski definition) is 3. The fourth-order valence-electron chi connectivity index (χ4n) is 21.9. The first-order valence-corrected chi connectivity index (χ1v) is 49.2. The first-order chi connectivity index (χ1) is 71.0. The average molecular weight is 1820 g/mol. The lowest BCUT2D eigenvalue weighted by molar-refractivity contribution is 1.30. The Morgan fingerprint density at radius 3 is 0.839 bits per heavy atom. The second kappa shape index (κ2) is 37.9. The molecule has 0 saturated heterocycles. The highest BCUT2D eigenvalue weighted by Crippen LogP contribution is 2.55. The Balaban J connectivity index is 0.000000113. The number of rotatable bonds is 16. The molecule has 0 N–H and O–H groups in total. The van der Waals surface area contributed by atoms with Crippen LogP contribution in [-0.2, 0) is 0 Å². The second-order valence-corrected chi connectivity index (χ2v) is 36.7. The summed E-state index contributed by atoms with van der Waals surface area (Å²) in [5.41, 5.74) is 27.5. The summed E-state index contributed by atoms with van der Waals surface area (Å²) in [5, 5.41) is 27.1. The Labute approximate surface area is 832 Å². The first kappa shape index (κ1) is 85.8. The summed E-state index contributed by atoms with van der Waals surface area (Å²) in [6, 6.07) is 209. The van der Waals surface area contributed by atoms with Gasteiger partial charge in [0.25, 0.3) is 0 Å². The molecule has 27 rings (SSSR count). The van der Waals surface area contributed by atoms with Gasteiger partial charge in [0.05, 0.1) is 22.7 Å². The number of benzene rings is 27. The van der Waals surface area contributed by atoms with Crippen molar-refractivity contribution in [2.24, 2.45) is 0 Å². The molecule has 0 amide bonds. The van der Waals surface area contributed by atoms with Gasteiger partial charge in [-0.15, -0.1) is 0 Å². The predicted molar refractivity (Wildman–Crippen MR) is 614 cm³/mol. The Hall–Kier alpha value is -18.8. The van der Waals surface area contributed by atoms with E-state index in [-0.39, 0.29) is 0 Å². The Morgan fingerprint density at radius 1 is 0.105 bits per heavy atom. The van der Waals surface area contributed by atoms with Crippen molar-refractivity contribution in [1.82, 2.24) is 0 Å². The smallest absolute Gasteiger partial charge is 0.0619 e. The maximum Gasteiger partial charge on any atom is 0.0619 e. The van der Waals surface area contributed by atoms with E-state index in [2.05, 4.69) is 591 Å². The second-order valence-electron chi connectivity index (χ2n) is 36.7. The highest BCUT2D eigenvalue weighted by molar-refractivity contribution is 6.27.